The quantitative estimate of drug-likeness (QED) is 0.823. The summed E-state index contributed by atoms with van der Waals surface area (Å²) in [4.78, 5) is 0. The van der Waals surface area contributed by atoms with Gasteiger partial charge in [-0.2, -0.15) is 0 Å². The van der Waals surface area contributed by atoms with Crippen LogP contribution >= 0.6 is 12.4 Å². The molecule has 2 nitrogen and oxygen atoms in total. The number of benzene rings is 1. The Morgan fingerprint density at radius 3 is 2.87 bits per heavy atom. The molecule has 0 saturated carbocycles. The topological polar surface area (TPSA) is 24.1 Å². The average molecular weight is 227 g/mol. The summed E-state index contributed by atoms with van der Waals surface area (Å²) >= 11 is 0. The van der Waals surface area contributed by atoms with Gasteiger partial charge in [0.1, 0.15) is 0 Å². The third kappa shape index (κ3) is 3.49. The van der Waals surface area contributed by atoms with Crippen molar-refractivity contribution in [3.05, 3.63) is 35.4 Å². The van der Waals surface area contributed by atoms with Crippen LogP contribution in [0.15, 0.2) is 24.3 Å². The zero-order valence-corrected chi connectivity index (χ0v) is 9.94. The van der Waals surface area contributed by atoms with Crippen LogP contribution < -0.4 is 10.6 Å². The van der Waals surface area contributed by atoms with Crippen LogP contribution in [0.25, 0.3) is 0 Å². The van der Waals surface area contributed by atoms with Crippen LogP contribution in [0.2, 0.25) is 0 Å². The van der Waals surface area contributed by atoms with Crippen molar-refractivity contribution in [1.29, 1.82) is 0 Å². The molecule has 1 aromatic carbocycles. The highest BCUT2D eigenvalue weighted by Crippen LogP contribution is 2.07. The highest BCUT2D eigenvalue weighted by molar-refractivity contribution is 5.85. The molecule has 0 spiro atoms. The van der Waals surface area contributed by atoms with Crippen LogP contribution in [0.3, 0.4) is 0 Å². The summed E-state index contributed by atoms with van der Waals surface area (Å²) in [6, 6.07) is 9.23. The van der Waals surface area contributed by atoms with Gasteiger partial charge in [0.2, 0.25) is 0 Å². The van der Waals surface area contributed by atoms with Crippen LogP contribution in [-0.4, -0.2) is 19.1 Å². The Kier molecular flexibility index (Phi) is 5.09. The van der Waals surface area contributed by atoms with Gasteiger partial charge in [-0.25, -0.2) is 0 Å². The van der Waals surface area contributed by atoms with Crippen molar-refractivity contribution in [2.24, 2.45) is 0 Å². The Bertz CT molecular complexity index is 295. The average Bonchev–Trinajstić information content (AvgIpc) is 2.69. The minimum atomic E-state index is 0. The fourth-order valence-corrected chi connectivity index (χ4v) is 1.89. The molecule has 0 aliphatic carbocycles. The molecule has 15 heavy (non-hydrogen) atoms. The summed E-state index contributed by atoms with van der Waals surface area (Å²) < 4.78 is 0. The van der Waals surface area contributed by atoms with E-state index in [-0.39, 0.29) is 12.4 Å². The first-order valence-electron chi connectivity index (χ1n) is 5.35. The van der Waals surface area contributed by atoms with E-state index in [0.717, 1.165) is 19.6 Å². The molecule has 1 fully saturated rings. The van der Waals surface area contributed by atoms with Crippen LogP contribution in [0.4, 0.5) is 0 Å². The number of rotatable bonds is 3. The van der Waals surface area contributed by atoms with Crippen molar-refractivity contribution in [3.8, 4) is 0 Å². The summed E-state index contributed by atoms with van der Waals surface area (Å²) in [6.45, 7) is 5.44. The van der Waals surface area contributed by atoms with Gasteiger partial charge in [0.05, 0.1) is 0 Å². The van der Waals surface area contributed by atoms with Gasteiger partial charge in [-0.15, -0.1) is 12.4 Å². The first-order valence-corrected chi connectivity index (χ1v) is 5.35. The van der Waals surface area contributed by atoms with E-state index in [4.69, 9.17) is 0 Å². The van der Waals surface area contributed by atoms with Crippen molar-refractivity contribution in [2.45, 2.75) is 25.9 Å². The summed E-state index contributed by atoms with van der Waals surface area (Å²) in [5, 5.41) is 6.94. The lowest BCUT2D eigenvalue weighted by atomic mass is 10.1. The fourth-order valence-electron chi connectivity index (χ4n) is 1.89. The molecule has 0 amide bonds. The number of hydrogen-bond donors (Lipinski definition) is 2. The van der Waals surface area contributed by atoms with Crippen molar-refractivity contribution < 1.29 is 0 Å². The van der Waals surface area contributed by atoms with E-state index in [0.29, 0.717) is 6.04 Å². The number of hydrogen-bond acceptors (Lipinski definition) is 2. The molecule has 0 radical (unpaired) electrons. The van der Waals surface area contributed by atoms with Crippen molar-refractivity contribution >= 4 is 12.4 Å². The molecule has 1 heterocycles. The maximum absolute atomic E-state index is 3.58. The van der Waals surface area contributed by atoms with Crippen molar-refractivity contribution in [1.82, 2.24) is 10.6 Å². The van der Waals surface area contributed by atoms with Crippen molar-refractivity contribution in [3.63, 3.8) is 0 Å². The molecule has 1 atom stereocenters. The zero-order valence-electron chi connectivity index (χ0n) is 9.12. The molecule has 0 bridgehead atoms. The largest absolute Gasteiger partial charge is 0.315 e. The Morgan fingerprint density at radius 2 is 2.20 bits per heavy atom. The Balaban J connectivity index is 0.00000112. The maximum Gasteiger partial charge on any atom is 0.0211 e. The predicted molar refractivity (Wildman–Crippen MR) is 66.5 cm³/mol. The normalized spacial score (nSPS) is 19.9. The van der Waals surface area contributed by atoms with E-state index in [1.165, 1.54) is 17.5 Å². The molecule has 0 aromatic heterocycles. The van der Waals surface area contributed by atoms with Gasteiger partial charge in [-0.1, -0.05) is 24.3 Å². The Hall–Kier alpha value is -0.570. The monoisotopic (exact) mass is 226 g/mol. The number of aryl methyl sites for hydroxylation is 1. The van der Waals surface area contributed by atoms with Crippen LogP contribution in [-0.2, 0) is 6.54 Å². The first kappa shape index (κ1) is 12.5. The number of halogens is 1. The van der Waals surface area contributed by atoms with Gasteiger partial charge >= 0.3 is 0 Å². The predicted octanol–water partition coefficient (Wildman–Crippen LogP) is 1.87. The Labute approximate surface area is 97.9 Å². The smallest absolute Gasteiger partial charge is 0.0211 e. The molecule has 84 valence electrons. The van der Waals surface area contributed by atoms with Gasteiger partial charge in [0, 0.05) is 19.1 Å². The minimum Gasteiger partial charge on any atom is -0.315 e. The second-order valence-electron chi connectivity index (χ2n) is 4.00. The van der Waals surface area contributed by atoms with Gasteiger partial charge in [-0.3, -0.25) is 0 Å². The standard InChI is InChI=1S/C12H18N2.ClH/c1-10-4-2-3-5-11(10)8-14-12-6-7-13-9-12;/h2-5,12-14H,6-9H2,1H3;1H. The molecule has 1 unspecified atom stereocenters. The highest BCUT2D eigenvalue weighted by atomic mass is 35.5. The van der Waals surface area contributed by atoms with Crippen LogP contribution in [0.1, 0.15) is 17.5 Å². The molecule has 1 aliphatic heterocycles. The van der Waals surface area contributed by atoms with E-state index in [2.05, 4.69) is 41.8 Å². The minimum absolute atomic E-state index is 0. The van der Waals surface area contributed by atoms with Gasteiger partial charge in [0.15, 0.2) is 0 Å². The summed E-state index contributed by atoms with van der Waals surface area (Å²) in [5.74, 6) is 0. The van der Waals surface area contributed by atoms with Gasteiger partial charge in [-0.05, 0) is 31.0 Å². The lowest BCUT2D eigenvalue weighted by Gasteiger charge is -2.12. The van der Waals surface area contributed by atoms with E-state index >= 15 is 0 Å². The van der Waals surface area contributed by atoms with E-state index in [1.807, 2.05) is 0 Å². The van der Waals surface area contributed by atoms with Crippen LogP contribution in [0.5, 0.6) is 0 Å². The zero-order chi connectivity index (χ0) is 9.80. The lowest BCUT2D eigenvalue weighted by Crippen LogP contribution is -2.30. The molecule has 1 aliphatic rings. The Morgan fingerprint density at radius 1 is 1.40 bits per heavy atom. The van der Waals surface area contributed by atoms with Gasteiger partial charge in [0.25, 0.3) is 0 Å². The SMILES string of the molecule is Cc1ccccc1CNC1CCNC1.Cl. The third-order valence-corrected chi connectivity index (χ3v) is 2.90. The van der Waals surface area contributed by atoms with E-state index in [9.17, 15) is 0 Å². The molecular weight excluding hydrogens is 208 g/mol. The summed E-state index contributed by atoms with van der Waals surface area (Å²) in [6.07, 6.45) is 1.26. The third-order valence-electron chi connectivity index (χ3n) is 2.90. The van der Waals surface area contributed by atoms with E-state index in [1.54, 1.807) is 0 Å². The van der Waals surface area contributed by atoms with Crippen molar-refractivity contribution in [2.75, 3.05) is 13.1 Å². The second-order valence-corrected chi connectivity index (χ2v) is 4.00. The highest BCUT2D eigenvalue weighted by Gasteiger charge is 2.13. The van der Waals surface area contributed by atoms with Crippen LogP contribution in [0, 0.1) is 6.92 Å². The molecule has 1 saturated heterocycles. The summed E-state index contributed by atoms with van der Waals surface area (Å²) in [5.41, 5.74) is 2.80. The maximum atomic E-state index is 3.58. The second kappa shape index (κ2) is 6.11. The van der Waals surface area contributed by atoms with Gasteiger partial charge < -0.3 is 10.6 Å². The molecule has 3 heteroatoms. The molecular formula is C12H19ClN2. The summed E-state index contributed by atoms with van der Waals surface area (Å²) in [7, 11) is 0. The molecule has 1 aromatic rings. The van der Waals surface area contributed by atoms with E-state index < -0.39 is 0 Å². The molecule has 2 rings (SSSR count). The first-order chi connectivity index (χ1) is 6.86. The molecule has 2 N–H and O–H groups in total. The lowest BCUT2D eigenvalue weighted by molar-refractivity contribution is 0.546. The fraction of sp³-hybridized carbons (Fsp3) is 0.500. The number of nitrogens with one attached hydrogen (secondary N) is 2.